The molecule has 6 nitrogen and oxygen atoms in total. The van der Waals surface area contributed by atoms with Crippen LogP contribution in [0.2, 0.25) is 0 Å². The van der Waals surface area contributed by atoms with Gasteiger partial charge in [-0.2, -0.15) is 13.2 Å². The maximum Gasteiger partial charge on any atom is 0.417 e. The normalized spacial score (nSPS) is 21.7. The molecule has 3 atom stereocenters. The Labute approximate surface area is 195 Å². The van der Waals surface area contributed by atoms with E-state index in [4.69, 9.17) is 0 Å². The average Bonchev–Trinajstić information content (AvgIpc) is 3.39. The van der Waals surface area contributed by atoms with Crippen molar-refractivity contribution in [3.8, 4) is 11.4 Å². The summed E-state index contributed by atoms with van der Waals surface area (Å²) in [4.78, 5) is 28.6. The number of pyridine rings is 3. The number of piperidine rings is 1. The number of aromatic nitrogens is 3. The number of carbonyl (C=O) groups excluding carboxylic acids is 1. The summed E-state index contributed by atoms with van der Waals surface area (Å²) in [6.45, 7) is 4.47. The van der Waals surface area contributed by atoms with Gasteiger partial charge >= 0.3 is 6.18 Å². The molecule has 3 aromatic heterocycles. The Bertz CT molecular complexity index is 1230. The van der Waals surface area contributed by atoms with Gasteiger partial charge in [0.2, 0.25) is 0 Å². The van der Waals surface area contributed by atoms with Crippen molar-refractivity contribution in [2.24, 2.45) is 5.92 Å². The SMILES string of the molecule is Cc1ccc(C(=O)N2C[C@@H]3C[C@@H](Nc4ccc(C(F)(F)F)cn4)[C@@H]2C3)c(-c2ncccc2C)n1. The molecule has 1 N–H and O–H groups in total. The Hall–Kier alpha value is -3.49. The van der Waals surface area contributed by atoms with Crippen LogP contribution in [0.15, 0.2) is 48.8 Å². The zero-order valence-electron chi connectivity index (χ0n) is 18.8. The Morgan fingerprint density at radius 1 is 1.06 bits per heavy atom. The van der Waals surface area contributed by atoms with Crippen molar-refractivity contribution < 1.29 is 18.0 Å². The molecule has 0 spiro atoms. The first-order valence-corrected chi connectivity index (χ1v) is 11.2. The molecule has 1 aliphatic heterocycles. The summed E-state index contributed by atoms with van der Waals surface area (Å²) in [7, 11) is 0. The fraction of sp³-hybridized carbons (Fsp3) is 0.360. The van der Waals surface area contributed by atoms with Crippen LogP contribution in [-0.2, 0) is 6.18 Å². The van der Waals surface area contributed by atoms with Crippen molar-refractivity contribution in [2.45, 2.75) is 44.9 Å². The molecule has 2 bridgehead atoms. The van der Waals surface area contributed by atoms with Gasteiger partial charge in [-0.3, -0.25) is 14.8 Å². The van der Waals surface area contributed by atoms with Crippen LogP contribution in [0, 0.1) is 19.8 Å². The number of anilines is 1. The first-order chi connectivity index (χ1) is 16.2. The van der Waals surface area contributed by atoms with Crippen LogP contribution in [0.4, 0.5) is 19.0 Å². The third kappa shape index (κ3) is 4.10. The molecule has 9 heteroatoms. The van der Waals surface area contributed by atoms with E-state index < -0.39 is 11.7 Å². The predicted molar refractivity (Wildman–Crippen MR) is 121 cm³/mol. The summed E-state index contributed by atoms with van der Waals surface area (Å²) < 4.78 is 38.5. The highest BCUT2D eigenvalue weighted by Gasteiger charge is 2.47. The second kappa shape index (κ2) is 8.38. The number of hydrogen-bond donors (Lipinski definition) is 1. The van der Waals surface area contributed by atoms with Crippen LogP contribution in [0.25, 0.3) is 11.4 Å². The van der Waals surface area contributed by atoms with E-state index in [1.807, 2.05) is 36.9 Å². The molecular formula is C25H24F3N5O. The summed E-state index contributed by atoms with van der Waals surface area (Å²) in [5, 5.41) is 3.25. The largest absolute Gasteiger partial charge is 0.417 e. The first kappa shape index (κ1) is 22.3. The Morgan fingerprint density at radius 2 is 1.88 bits per heavy atom. The van der Waals surface area contributed by atoms with E-state index in [0.717, 1.165) is 36.4 Å². The first-order valence-electron chi connectivity index (χ1n) is 11.2. The van der Waals surface area contributed by atoms with Gasteiger partial charge in [0.1, 0.15) is 11.5 Å². The Morgan fingerprint density at radius 3 is 2.56 bits per heavy atom. The molecule has 1 saturated carbocycles. The van der Waals surface area contributed by atoms with Crippen molar-refractivity contribution >= 4 is 11.7 Å². The van der Waals surface area contributed by atoms with E-state index in [-0.39, 0.29) is 18.0 Å². The maximum absolute atomic E-state index is 13.7. The number of carbonyl (C=O) groups is 1. The molecule has 1 saturated heterocycles. The molecule has 34 heavy (non-hydrogen) atoms. The number of fused-ring (bicyclic) bond motifs is 2. The number of rotatable bonds is 4. The number of nitrogens with one attached hydrogen (secondary N) is 1. The van der Waals surface area contributed by atoms with Crippen molar-refractivity contribution in [2.75, 3.05) is 11.9 Å². The summed E-state index contributed by atoms with van der Waals surface area (Å²) in [6.07, 6.45) is -0.211. The van der Waals surface area contributed by atoms with Gasteiger partial charge in [0, 0.05) is 30.7 Å². The highest BCUT2D eigenvalue weighted by molar-refractivity contribution is 6.00. The molecule has 1 amide bonds. The lowest BCUT2D eigenvalue weighted by molar-refractivity contribution is -0.137. The van der Waals surface area contributed by atoms with Crippen LogP contribution in [-0.4, -0.2) is 44.4 Å². The fourth-order valence-corrected chi connectivity index (χ4v) is 5.05. The van der Waals surface area contributed by atoms with Crippen LogP contribution in [0.5, 0.6) is 0 Å². The number of likely N-dealkylation sites (tertiary alicyclic amines) is 1. The minimum absolute atomic E-state index is 0.0689. The minimum atomic E-state index is -4.42. The average molecular weight is 467 g/mol. The predicted octanol–water partition coefficient (Wildman–Crippen LogP) is 4.89. The smallest absolute Gasteiger partial charge is 0.365 e. The lowest BCUT2D eigenvalue weighted by atomic mass is 10.0. The number of amides is 1. The Balaban J connectivity index is 1.39. The van der Waals surface area contributed by atoms with E-state index in [1.165, 1.54) is 6.07 Å². The van der Waals surface area contributed by atoms with Gasteiger partial charge < -0.3 is 10.2 Å². The lowest BCUT2D eigenvalue weighted by Gasteiger charge is -2.34. The van der Waals surface area contributed by atoms with Crippen molar-refractivity contribution in [3.63, 3.8) is 0 Å². The topological polar surface area (TPSA) is 71.0 Å². The van der Waals surface area contributed by atoms with E-state index in [0.29, 0.717) is 35.2 Å². The van der Waals surface area contributed by atoms with Gasteiger partial charge in [-0.15, -0.1) is 0 Å². The molecule has 2 aliphatic rings. The maximum atomic E-state index is 13.7. The number of halogens is 3. The van der Waals surface area contributed by atoms with Crippen molar-refractivity contribution in [1.82, 2.24) is 19.9 Å². The van der Waals surface area contributed by atoms with Crippen LogP contribution in [0.3, 0.4) is 0 Å². The quantitative estimate of drug-likeness (QED) is 0.592. The van der Waals surface area contributed by atoms with Gasteiger partial charge in [0.25, 0.3) is 5.91 Å². The summed E-state index contributed by atoms with van der Waals surface area (Å²) in [5.74, 6) is 0.603. The van der Waals surface area contributed by atoms with Crippen LogP contribution >= 0.6 is 0 Å². The standard InChI is InChI=1S/C25H24F3N5O/c1-14-4-3-9-29-22(14)23-18(7-5-15(2)31-23)24(34)33-13-16-10-19(20(33)11-16)32-21-8-6-17(12-30-21)25(26,27)28/h3-9,12,16,19-20H,10-11,13H2,1-2H3,(H,30,32)/t16-,19-,20+/m1/s1. The third-order valence-electron chi connectivity index (χ3n) is 6.67. The van der Waals surface area contributed by atoms with Crippen molar-refractivity contribution in [3.05, 3.63) is 71.2 Å². The number of alkyl halides is 3. The molecule has 0 aromatic carbocycles. The van der Waals surface area contributed by atoms with Crippen LogP contribution in [0.1, 0.15) is 40.0 Å². The molecule has 5 rings (SSSR count). The summed E-state index contributed by atoms with van der Waals surface area (Å²) >= 11 is 0. The van der Waals surface area contributed by atoms with Crippen LogP contribution < -0.4 is 5.32 Å². The summed E-state index contributed by atoms with van der Waals surface area (Å²) in [5.41, 5.74) is 2.71. The number of nitrogens with zero attached hydrogens (tertiary/aromatic N) is 4. The van der Waals surface area contributed by atoms with Gasteiger partial charge in [-0.25, -0.2) is 4.98 Å². The summed E-state index contributed by atoms with van der Waals surface area (Å²) in [6, 6.07) is 9.63. The van der Waals surface area contributed by atoms with Gasteiger partial charge in [-0.1, -0.05) is 6.07 Å². The molecule has 0 radical (unpaired) electrons. The second-order valence-corrected chi connectivity index (χ2v) is 9.06. The van der Waals surface area contributed by atoms with Crippen molar-refractivity contribution in [1.29, 1.82) is 0 Å². The minimum Gasteiger partial charge on any atom is -0.365 e. The highest BCUT2D eigenvalue weighted by Crippen LogP contribution is 2.40. The van der Waals surface area contributed by atoms with E-state index in [1.54, 1.807) is 12.3 Å². The van der Waals surface area contributed by atoms with E-state index in [9.17, 15) is 18.0 Å². The molecule has 176 valence electrons. The number of hydrogen-bond acceptors (Lipinski definition) is 5. The monoisotopic (exact) mass is 467 g/mol. The highest BCUT2D eigenvalue weighted by atomic mass is 19.4. The molecule has 0 unspecified atom stereocenters. The lowest BCUT2D eigenvalue weighted by Crippen LogP contribution is -2.48. The zero-order chi connectivity index (χ0) is 24.0. The number of aryl methyl sites for hydroxylation is 2. The molecule has 2 fully saturated rings. The van der Waals surface area contributed by atoms with E-state index >= 15 is 0 Å². The van der Waals surface area contributed by atoms with E-state index in [2.05, 4.69) is 20.3 Å². The van der Waals surface area contributed by atoms with Gasteiger partial charge in [0.05, 0.1) is 22.9 Å². The fourth-order valence-electron chi connectivity index (χ4n) is 5.05. The second-order valence-electron chi connectivity index (χ2n) is 9.06. The van der Waals surface area contributed by atoms with Gasteiger partial charge in [0.15, 0.2) is 0 Å². The third-order valence-corrected chi connectivity index (χ3v) is 6.67. The molecule has 3 aromatic rings. The molecule has 4 heterocycles. The zero-order valence-corrected chi connectivity index (χ0v) is 18.8. The Kier molecular flexibility index (Phi) is 5.50. The molecular weight excluding hydrogens is 443 g/mol. The van der Waals surface area contributed by atoms with Gasteiger partial charge in [-0.05, 0) is 68.5 Å². The molecule has 1 aliphatic carbocycles.